The third-order valence-electron chi connectivity index (χ3n) is 4.48. The normalized spacial score (nSPS) is 19.4. The Hall–Kier alpha value is -0.900. The summed E-state index contributed by atoms with van der Waals surface area (Å²) in [5, 5.41) is 0. The van der Waals surface area contributed by atoms with Crippen LogP contribution >= 0.6 is 0 Å². The zero-order valence-corrected chi connectivity index (χ0v) is 13.0. The van der Waals surface area contributed by atoms with Crippen molar-refractivity contribution in [3.8, 4) is 0 Å². The van der Waals surface area contributed by atoms with Crippen LogP contribution in [0.3, 0.4) is 0 Å². The van der Waals surface area contributed by atoms with E-state index in [0.29, 0.717) is 5.92 Å². The fourth-order valence-electron chi connectivity index (χ4n) is 3.51. The predicted octanol–water partition coefficient (Wildman–Crippen LogP) is 3.35. The molecule has 1 unspecified atom stereocenters. The molecule has 0 bridgehead atoms. The number of ether oxygens (including phenoxy) is 1. The molecule has 3 N–H and O–H groups in total. The van der Waals surface area contributed by atoms with Gasteiger partial charge in [0.15, 0.2) is 0 Å². The van der Waals surface area contributed by atoms with E-state index in [9.17, 15) is 0 Å². The lowest BCUT2D eigenvalue weighted by atomic mass is 9.86. The maximum Gasteiger partial charge on any atom is 0.0885 e. The van der Waals surface area contributed by atoms with Crippen molar-refractivity contribution in [1.29, 1.82) is 0 Å². The molecule has 1 fully saturated rings. The highest BCUT2D eigenvalue weighted by Crippen LogP contribution is 2.42. The first-order valence-corrected chi connectivity index (χ1v) is 7.71. The minimum Gasteiger partial charge on any atom is -0.376 e. The Morgan fingerprint density at radius 1 is 1.30 bits per heavy atom. The minimum atomic E-state index is -0.148. The van der Waals surface area contributed by atoms with Crippen molar-refractivity contribution in [1.82, 2.24) is 5.43 Å². The van der Waals surface area contributed by atoms with Gasteiger partial charge >= 0.3 is 0 Å². The maximum atomic E-state index is 5.88. The summed E-state index contributed by atoms with van der Waals surface area (Å²) in [5.74, 6) is 6.53. The summed E-state index contributed by atoms with van der Waals surface area (Å²) in [5.41, 5.74) is 5.48. The lowest BCUT2D eigenvalue weighted by Crippen LogP contribution is -2.46. The Balaban J connectivity index is 2.27. The highest BCUT2D eigenvalue weighted by molar-refractivity contribution is 5.29. The van der Waals surface area contributed by atoms with Crippen LogP contribution in [-0.2, 0) is 11.2 Å². The summed E-state index contributed by atoms with van der Waals surface area (Å²) in [4.78, 5) is 0. The fraction of sp³-hybridized carbons (Fsp3) is 0.647. The standard InChI is InChI=1S/C17H28N2O/c1-13(2)11-14-7-6-8-15(12-14)16(19-18)17(20-3)9-4-5-10-17/h6-8,12-13,16,19H,4-5,9-11,18H2,1-3H3. The first-order chi connectivity index (χ1) is 9.61. The molecule has 0 amide bonds. The summed E-state index contributed by atoms with van der Waals surface area (Å²) in [6, 6.07) is 8.85. The molecule has 3 heteroatoms. The van der Waals surface area contributed by atoms with Crippen LogP contribution in [0.15, 0.2) is 24.3 Å². The first kappa shape index (κ1) is 15.5. The molecule has 1 aliphatic rings. The number of nitrogens with two attached hydrogens (primary N) is 1. The molecule has 1 aromatic carbocycles. The molecule has 0 spiro atoms. The lowest BCUT2D eigenvalue weighted by molar-refractivity contribution is -0.0368. The quantitative estimate of drug-likeness (QED) is 0.619. The molecule has 112 valence electrons. The number of methoxy groups -OCH3 is 1. The van der Waals surface area contributed by atoms with Crippen LogP contribution in [0.2, 0.25) is 0 Å². The Kier molecular flexibility index (Phi) is 5.19. The molecule has 3 nitrogen and oxygen atoms in total. The highest BCUT2D eigenvalue weighted by Gasteiger charge is 2.42. The predicted molar refractivity (Wildman–Crippen MR) is 83.3 cm³/mol. The largest absolute Gasteiger partial charge is 0.376 e. The topological polar surface area (TPSA) is 47.3 Å². The van der Waals surface area contributed by atoms with Gasteiger partial charge in [0.1, 0.15) is 0 Å². The van der Waals surface area contributed by atoms with Gasteiger partial charge in [0.25, 0.3) is 0 Å². The van der Waals surface area contributed by atoms with Crippen LogP contribution in [0.5, 0.6) is 0 Å². The molecule has 0 aliphatic heterocycles. The molecule has 1 aromatic rings. The molecule has 0 heterocycles. The highest BCUT2D eigenvalue weighted by atomic mass is 16.5. The van der Waals surface area contributed by atoms with E-state index in [2.05, 4.69) is 43.5 Å². The summed E-state index contributed by atoms with van der Waals surface area (Å²) in [7, 11) is 1.81. The Morgan fingerprint density at radius 3 is 2.55 bits per heavy atom. The summed E-state index contributed by atoms with van der Waals surface area (Å²) >= 11 is 0. The van der Waals surface area contributed by atoms with Gasteiger partial charge in [-0.05, 0) is 36.3 Å². The first-order valence-electron chi connectivity index (χ1n) is 7.71. The van der Waals surface area contributed by atoms with E-state index in [1.807, 2.05) is 7.11 Å². The van der Waals surface area contributed by atoms with Crippen LogP contribution in [-0.4, -0.2) is 12.7 Å². The van der Waals surface area contributed by atoms with Crippen molar-refractivity contribution in [3.63, 3.8) is 0 Å². The van der Waals surface area contributed by atoms with Gasteiger partial charge in [0.05, 0.1) is 11.6 Å². The van der Waals surface area contributed by atoms with E-state index < -0.39 is 0 Å². The van der Waals surface area contributed by atoms with E-state index in [4.69, 9.17) is 10.6 Å². The fourth-order valence-corrected chi connectivity index (χ4v) is 3.51. The van der Waals surface area contributed by atoms with Gasteiger partial charge in [-0.3, -0.25) is 11.3 Å². The van der Waals surface area contributed by atoms with Gasteiger partial charge in [0, 0.05) is 7.11 Å². The summed E-state index contributed by atoms with van der Waals surface area (Å²) in [6.45, 7) is 4.50. The van der Waals surface area contributed by atoms with E-state index in [-0.39, 0.29) is 11.6 Å². The number of hydrazine groups is 1. The number of benzene rings is 1. The molecule has 0 saturated heterocycles. The molecule has 2 rings (SSSR count). The van der Waals surface area contributed by atoms with E-state index in [1.54, 1.807) is 0 Å². The second-order valence-electron chi connectivity index (χ2n) is 6.42. The van der Waals surface area contributed by atoms with Crippen LogP contribution < -0.4 is 11.3 Å². The Morgan fingerprint density at radius 2 is 2.00 bits per heavy atom. The Bertz CT molecular complexity index is 425. The lowest BCUT2D eigenvalue weighted by Gasteiger charge is -2.36. The third kappa shape index (κ3) is 3.22. The molecule has 1 aliphatic carbocycles. The number of hydrogen-bond donors (Lipinski definition) is 2. The maximum absolute atomic E-state index is 5.88. The Labute approximate surface area is 122 Å². The number of hydrogen-bond acceptors (Lipinski definition) is 3. The zero-order chi connectivity index (χ0) is 14.6. The van der Waals surface area contributed by atoms with Crippen molar-refractivity contribution >= 4 is 0 Å². The summed E-state index contributed by atoms with van der Waals surface area (Å²) < 4.78 is 5.88. The van der Waals surface area contributed by atoms with E-state index in [0.717, 1.165) is 19.3 Å². The van der Waals surface area contributed by atoms with Gasteiger partial charge in [-0.1, -0.05) is 51.0 Å². The smallest absolute Gasteiger partial charge is 0.0885 e. The van der Waals surface area contributed by atoms with Gasteiger partial charge in [-0.15, -0.1) is 0 Å². The molecule has 0 radical (unpaired) electrons. The van der Waals surface area contributed by atoms with Crippen LogP contribution in [0.1, 0.15) is 56.7 Å². The molecule has 1 atom stereocenters. The third-order valence-corrected chi connectivity index (χ3v) is 4.48. The molecule has 1 saturated carbocycles. The van der Waals surface area contributed by atoms with Crippen molar-refractivity contribution in [2.45, 2.75) is 57.6 Å². The number of nitrogens with one attached hydrogen (secondary N) is 1. The van der Waals surface area contributed by atoms with Crippen molar-refractivity contribution < 1.29 is 4.74 Å². The average molecular weight is 276 g/mol. The van der Waals surface area contributed by atoms with Crippen molar-refractivity contribution in [3.05, 3.63) is 35.4 Å². The average Bonchev–Trinajstić information content (AvgIpc) is 2.89. The van der Waals surface area contributed by atoms with Gasteiger partial charge in [-0.2, -0.15) is 0 Å². The monoisotopic (exact) mass is 276 g/mol. The van der Waals surface area contributed by atoms with E-state index in [1.165, 1.54) is 24.0 Å². The zero-order valence-electron chi connectivity index (χ0n) is 13.0. The minimum absolute atomic E-state index is 0.0714. The van der Waals surface area contributed by atoms with Crippen LogP contribution in [0.4, 0.5) is 0 Å². The van der Waals surface area contributed by atoms with E-state index >= 15 is 0 Å². The van der Waals surface area contributed by atoms with Gasteiger partial charge in [-0.25, -0.2) is 0 Å². The second kappa shape index (κ2) is 6.70. The summed E-state index contributed by atoms with van der Waals surface area (Å²) in [6.07, 6.45) is 5.69. The molecule has 20 heavy (non-hydrogen) atoms. The van der Waals surface area contributed by atoms with Gasteiger partial charge < -0.3 is 4.74 Å². The van der Waals surface area contributed by atoms with Gasteiger partial charge in [0.2, 0.25) is 0 Å². The van der Waals surface area contributed by atoms with Crippen LogP contribution in [0.25, 0.3) is 0 Å². The molecular weight excluding hydrogens is 248 g/mol. The van der Waals surface area contributed by atoms with Crippen LogP contribution in [0, 0.1) is 5.92 Å². The van der Waals surface area contributed by atoms with Crippen molar-refractivity contribution in [2.24, 2.45) is 11.8 Å². The second-order valence-corrected chi connectivity index (χ2v) is 6.42. The SMILES string of the molecule is COC1(C(NN)c2cccc(CC(C)C)c2)CCCC1. The van der Waals surface area contributed by atoms with Crippen molar-refractivity contribution in [2.75, 3.05) is 7.11 Å². The number of rotatable bonds is 6. The molecular formula is C17H28N2O. The molecule has 0 aromatic heterocycles.